The first-order chi connectivity index (χ1) is 23.6. The van der Waals surface area contributed by atoms with Crippen molar-refractivity contribution in [1.82, 2.24) is 9.13 Å². The van der Waals surface area contributed by atoms with Crippen molar-refractivity contribution in [1.29, 1.82) is 0 Å². The predicted octanol–water partition coefficient (Wildman–Crippen LogP) is 6.07. The van der Waals surface area contributed by atoms with E-state index in [0.717, 1.165) is 0 Å². The number of aromatic nitrogens is 2. The average molecular weight is 765 g/mol. The van der Waals surface area contributed by atoms with E-state index in [1.165, 1.54) is 79.7 Å². The predicted molar refractivity (Wildman–Crippen MR) is 204 cm³/mol. The number of fused-ring (bicyclic) bond motifs is 10. The fraction of sp³-hybridized carbons (Fsp3) is 0.0444. The minimum atomic E-state index is 0. The first-order valence-electron chi connectivity index (χ1n) is 16.4. The fourth-order valence-electron chi connectivity index (χ4n) is 7.06. The summed E-state index contributed by atoms with van der Waals surface area (Å²) in [5.41, 5.74) is 7.53. The summed E-state index contributed by atoms with van der Waals surface area (Å²) < 4.78 is 6.24. The first-order valence-corrected chi connectivity index (χ1v) is 17.6. The van der Waals surface area contributed by atoms with Gasteiger partial charge in [0.2, 0.25) is 0 Å². The molecule has 2 aromatic heterocycles. The van der Waals surface area contributed by atoms with E-state index in [1.54, 1.807) is 24.2 Å². The molecule has 0 radical (unpaired) electrons. The Morgan fingerprint density at radius 1 is 0.420 bits per heavy atom. The molecule has 244 valence electrons. The smallest absolute Gasteiger partial charge is 0.0443 e. The number of rotatable bonds is 2. The van der Waals surface area contributed by atoms with Crippen LogP contribution in [-0.4, -0.2) is 12.3 Å². The zero-order valence-electron chi connectivity index (χ0n) is 27.8. The quantitative estimate of drug-likeness (QED) is 0.190. The Morgan fingerprint density at radius 2 is 0.720 bits per heavy atom. The summed E-state index contributed by atoms with van der Waals surface area (Å²) in [7, 11) is 0. The van der Waals surface area contributed by atoms with E-state index < -0.39 is 0 Å². The summed E-state index contributed by atoms with van der Waals surface area (Å²) in [6.07, 6.45) is 0. The summed E-state index contributed by atoms with van der Waals surface area (Å²) in [6, 6.07) is 60.4. The first kappa shape index (κ1) is 35.3. The normalized spacial score (nSPS) is 10.8. The second-order valence-corrected chi connectivity index (χ2v) is 14.8. The second kappa shape index (κ2) is 15.2. The summed E-state index contributed by atoms with van der Waals surface area (Å²) in [5.74, 6) is 0. The average Bonchev–Trinajstić information content (AvgIpc) is 3.85. The molecule has 50 heavy (non-hydrogen) atoms. The van der Waals surface area contributed by atoms with Crippen molar-refractivity contribution in [2.24, 2.45) is 0 Å². The number of hydrogen-bond acceptors (Lipinski definition) is 0. The van der Waals surface area contributed by atoms with E-state index in [-0.39, 0.29) is 24.8 Å². The van der Waals surface area contributed by atoms with Gasteiger partial charge in [0.1, 0.15) is 0 Å². The standard InChI is InChI=1S/2C21H14N.C3H6.2ClH.Zr/c2*1-2-9-16(10-3-1)22-19-13-7-6-12-18(19)21-17-11-5-4-8-15(17)14-20(21)22;1-3-2;;;/h2*1-14H;1-2H3;2*1H;/q2*-1;;;;+2/p-2. The molecule has 0 unspecified atom stereocenters. The molecule has 2 heterocycles. The van der Waals surface area contributed by atoms with Crippen LogP contribution in [0.1, 0.15) is 13.8 Å². The Morgan fingerprint density at radius 3 is 1.10 bits per heavy atom. The molecule has 0 spiro atoms. The van der Waals surface area contributed by atoms with Gasteiger partial charge >= 0.3 is 41.3 Å². The Balaban J connectivity index is 0.000000151. The van der Waals surface area contributed by atoms with Crippen molar-refractivity contribution < 1.29 is 49.0 Å². The third-order valence-electron chi connectivity index (χ3n) is 8.90. The number of halogens is 2. The van der Waals surface area contributed by atoms with E-state index in [2.05, 4.69) is 193 Å². The molecule has 5 heteroatoms. The van der Waals surface area contributed by atoms with Crippen LogP contribution in [0, 0.1) is 0 Å². The Kier molecular flexibility index (Phi) is 10.7. The number of hydrogen-bond donors (Lipinski definition) is 0. The van der Waals surface area contributed by atoms with E-state index >= 15 is 0 Å². The van der Waals surface area contributed by atoms with E-state index in [1.807, 2.05) is 0 Å². The zero-order valence-corrected chi connectivity index (χ0v) is 31.8. The van der Waals surface area contributed by atoms with Gasteiger partial charge in [0.05, 0.1) is 0 Å². The zero-order chi connectivity index (χ0) is 32.6. The minimum Gasteiger partial charge on any atom is -1.00 e. The number of benzene rings is 6. The van der Waals surface area contributed by atoms with Gasteiger partial charge in [-0.25, -0.2) is 0 Å². The fourth-order valence-corrected chi connectivity index (χ4v) is 7.06. The molecule has 0 N–H and O–H groups in total. The van der Waals surface area contributed by atoms with Crippen LogP contribution in [0.2, 0.25) is 0 Å². The molecule has 0 fully saturated rings. The molecular formula is C45H34Cl2N2Zr-2. The molecule has 0 saturated heterocycles. The number of para-hydroxylation sites is 4. The topological polar surface area (TPSA) is 9.86 Å². The second-order valence-electron chi connectivity index (χ2n) is 12.4. The van der Waals surface area contributed by atoms with Crippen molar-refractivity contribution >= 4 is 68.4 Å². The summed E-state index contributed by atoms with van der Waals surface area (Å²) in [6.45, 7) is 4.25. The maximum absolute atomic E-state index is 2.37. The van der Waals surface area contributed by atoms with Crippen LogP contribution in [0.25, 0.3) is 76.5 Å². The van der Waals surface area contributed by atoms with Crippen molar-refractivity contribution in [3.63, 3.8) is 0 Å². The molecule has 0 amide bonds. The minimum absolute atomic E-state index is 0. The summed E-state index contributed by atoms with van der Waals surface area (Å²) in [5, 5.41) is 10.6. The van der Waals surface area contributed by atoms with Crippen LogP contribution >= 0.6 is 0 Å². The summed E-state index contributed by atoms with van der Waals surface area (Å²) in [4.78, 5) is 0. The molecule has 0 bridgehead atoms. The molecule has 0 atom stereocenters. The molecule has 10 rings (SSSR count). The van der Waals surface area contributed by atoms with Gasteiger partial charge in [0.15, 0.2) is 0 Å². The van der Waals surface area contributed by atoms with Gasteiger partial charge in [-0.2, -0.15) is 0 Å². The molecule has 10 aromatic rings. The Bertz CT molecular complexity index is 2520. The molecular weight excluding hydrogens is 731 g/mol. The van der Waals surface area contributed by atoms with Gasteiger partial charge in [0, 0.05) is 22.4 Å². The molecule has 2 nitrogen and oxygen atoms in total. The van der Waals surface area contributed by atoms with Crippen molar-refractivity contribution in [3.8, 4) is 11.4 Å². The molecule has 0 aliphatic carbocycles. The van der Waals surface area contributed by atoms with Crippen molar-refractivity contribution in [2.75, 3.05) is 0 Å². The van der Waals surface area contributed by atoms with Crippen LogP contribution in [0.4, 0.5) is 0 Å². The molecule has 8 aromatic carbocycles. The molecule has 0 aliphatic heterocycles. The number of nitrogens with zero attached hydrogens (tertiary/aromatic N) is 2. The van der Waals surface area contributed by atoms with Gasteiger partial charge in [0.25, 0.3) is 0 Å². The van der Waals surface area contributed by atoms with E-state index in [0.29, 0.717) is 0 Å². The van der Waals surface area contributed by atoms with E-state index in [4.69, 9.17) is 0 Å². The Labute approximate surface area is 319 Å². The molecule has 0 saturated carbocycles. The largest absolute Gasteiger partial charge is 1.00 e. The van der Waals surface area contributed by atoms with Crippen LogP contribution in [0.5, 0.6) is 0 Å². The van der Waals surface area contributed by atoms with Gasteiger partial charge in [-0.15, -0.1) is 70.1 Å². The van der Waals surface area contributed by atoms with Gasteiger partial charge in [-0.05, 0) is 58.2 Å². The van der Waals surface area contributed by atoms with Gasteiger partial charge in [-0.3, -0.25) is 0 Å². The van der Waals surface area contributed by atoms with Crippen molar-refractivity contribution in [3.05, 3.63) is 170 Å². The van der Waals surface area contributed by atoms with Gasteiger partial charge < -0.3 is 33.9 Å². The maximum atomic E-state index is 2.37. The van der Waals surface area contributed by atoms with Crippen LogP contribution < -0.4 is 24.8 Å². The van der Waals surface area contributed by atoms with Crippen molar-refractivity contribution in [2.45, 2.75) is 13.8 Å². The van der Waals surface area contributed by atoms with Crippen LogP contribution in [-0.2, 0) is 24.2 Å². The van der Waals surface area contributed by atoms with Crippen LogP contribution in [0.15, 0.2) is 170 Å². The summed E-state index contributed by atoms with van der Waals surface area (Å²) >= 11 is 1.55. The SMILES string of the molecule is C[C](C)=[Zr+2].[Cl-].[Cl-].c1ccc(-n2c3ccccc3c3c4ccccc4[cH-]c32)cc1.c1ccc(-n2c3ccccc3c3c4ccccc4[cH-]c32)cc1. The maximum Gasteiger partial charge on any atom is 0.0443 e. The third-order valence-corrected chi connectivity index (χ3v) is 8.90. The Hall–Kier alpha value is -4.53. The monoisotopic (exact) mass is 762 g/mol. The van der Waals surface area contributed by atoms with Gasteiger partial charge in [-0.1, -0.05) is 95.7 Å². The molecule has 0 aliphatic rings. The van der Waals surface area contributed by atoms with Crippen LogP contribution in [0.3, 0.4) is 0 Å². The van der Waals surface area contributed by atoms with E-state index in [9.17, 15) is 0 Å². The third kappa shape index (κ3) is 6.31.